The summed E-state index contributed by atoms with van der Waals surface area (Å²) in [6.07, 6.45) is 3.25. The molecule has 1 aromatic rings. The minimum Gasteiger partial charge on any atom is -0.379 e. The Hall–Kier alpha value is -1.15. The number of carbonyl (C=O) groups excluding carboxylic acids is 1. The van der Waals surface area contributed by atoms with Crippen molar-refractivity contribution in [1.82, 2.24) is 9.62 Å². The fourth-order valence-corrected chi connectivity index (χ4v) is 7.07. The highest BCUT2D eigenvalue weighted by atomic mass is 35.5. The lowest BCUT2D eigenvalue weighted by atomic mass is 9.69. The van der Waals surface area contributed by atoms with Gasteiger partial charge < -0.3 is 10.1 Å². The van der Waals surface area contributed by atoms with Crippen molar-refractivity contribution in [2.75, 3.05) is 26.3 Å². The molecule has 8 heteroatoms. The van der Waals surface area contributed by atoms with Gasteiger partial charge in [0.25, 0.3) is 5.91 Å². The van der Waals surface area contributed by atoms with Crippen LogP contribution in [0, 0.1) is 16.7 Å². The molecule has 1 saturated heterocycles. The fourth-order valence-electron chi connectivity index (χ4n) is 5.43. The molecule has 0 spiro atoms. The van der Waals surface area contributed by atoms with E-state index in [9.17, 15) is 13.2 Å². The molecular weight excluding hydrogens is 412 g/mol. The van der Waals surface area contributed by atoms with Crippen LogP contribution in [-0.4, -0.2) is 51.0 Å². The third-order valence-electron chi connectivity index (χ3n) is 7.89. The summed E-state index contributed by atoms with van der Waals surface area (Å²) >= 11 is 6.29. The molecule has 1 aliphatic heterocycles. The maximum absolute atomic E-state index is 13.1. The van der Waals surface area contributed by atoms with Gasteiger partial charge in [-0.1, -0.05) is 32.4 Å². The van der Waals surface area contributed by atoms with Gasteiger partial charge in [0, 0.05) is 19.1 Å². The number of morpholine rings is 1. The van der Waals surface area contributed by atoms with Crippen molar-refractivity contribution in [3.63, 3.8) is 0 Å². The van der Waals surface area contributed by atoms with E-state index in [0.717, 1.165) is 12.8 Å². The van der Waals surface area contributed by atoms with Crippen molar-refractivity contribution in [2.45, 2.75) is 51.0 Å². The highest BCUT2D eigenvalue weighted by Gasteiger charge is 2.61. The molecule has 2 aliphatic carbocycles. The molecule has 2 bridgehead atoms. The zero-order chi connectivity index (χ0) is 21.0. The minimum absolute atomic E-state index is 0.0390. The molecule has 1 amide bonds. The summed E-state index contributed by atoms with van der Waals surface area (Å²) in [5.74, 6) is 0.296. The summed E-state index contributed by atoms with van der Waals surface area (Å²) < 4.78 is 32.5. The molecule has 1 heterocycles. The smallest absolute Gasteiger partial charge is 0.253 e. The quantitative estimate of drug-likeness (QED) is 0.779. The van der Waals surface area contributed by atoms with Crippen LogP contribution in [0.25, 0.3) is 0 Å². The Morgan fingerprint density at radius 2 is 1.93 bits per heavy atom. The average Bonchev–Trinajstić information content (AvgIpc) is 3.02. The molecule has 2 saturated carbocycles. The highest BCUT2D eigenvalue weighted by Crippen LogP contribution is 2.65. The van der Waals surface area contributed by atoms with Crippen LogP contribution >= 0.6 is 11.6 Å². The number of amides is 1. The van der Waals surface area contributed by atoms with E-state index in [2.05, 4.69) is 26.1 Å². The van der Waals surface area contributed by atoms with Crippen LogP contribution in [0.4, 0.5) is 0 Å². The van der Waals surface area contributed by atoms with Gasteiger partial charge in [-0.3, -0.25) is 4.79 Å². The van der Waals surface area contributed by atoms with Crippen LogP contribution < -0.4 is 5.32 Å². The monoisotopic (exact) mass is 440 g/mol. The summed E-state index contributed by atoms with van der Waals surface area (Å²) in [5.41, 5.74) is 0.429. The molecule has 3 aliphatic rings. The van der Waals surface area contributed by atoms with Crippen molar-refractivity contribution in [3.8, 4) is 0 Å². The summed E-state index contributed by atoms with van der Waals surface area (Å²) in [7, 11) is -3.69. The Balaban J connectivity index is 1.58. The standard InChI is InChI=1S/C21H29ClN2O4S/c1-20(2)14-6-7-21(20,3)18(12-14)23-19(25)16-13-15(4-5-17(16)22)29(26,27)24-8-10-28-11-9-24/h4-5,13-14,18H,6-12H2,1-3H3,(H,23,25). The second kappa shape index (κ2) is 7.22. The Labute approximate surface area is 178 Å². The Morgan fingerprint density at radius 1 is 1.24 bits per heavy atom. The van der Waals surface area contributed by atoms with Gasteiger partial charge in [0.15, 0.2) is 0 Å². The van der Waals surface area contributed by atoms with Crippen LogP contribution in [0.15, 0.2) is 23.1 Å². The predicted molar refractivity (Wildman–Crippen MR) is 112 cm³/mol. The fraction of sp³-hybridized carbons (Fsp3) is 0.667. The van der Waals surface area contributed by atoms with Gasteiger partial charge in [-0.15, -0.1) is 0 Å². The maximum Gasteiger partial charge on any atom is 0.253 e. The van der Waals surface area contributed by atoms with E-state index < -0.39 is 10.0 Å². The number of ether oxygens (including phenoxy) is 1. The number of nitrogens with one attached hydrogen (secondary N) is 1. The second-order valence-electron chi connectivity index (χ2n) is 9.29. The number of halogens is 1. The summed E-state index contributed by atoms with van der Waals surface area (Å²) in [4.78, 5) is 13.2. The zero-order valence-electron chi connectivity index (χ0n) is 17.2. The van der Waals surface area contributed by atoms with Gasteiger partial charge in [-0.05, 0) is 54.2 Å². The van der Waals surface area contributed by atoms with E-state index in [1.54, 1.807) is 0 Å². The zero-order valence-corrected chi connectivity index (χ0v) is 18.8. The molecule has 0 radical (unpaired) electrons. The second-order valence-corrected chi connectivity index (χ2v) is 11.6. The normalized spacial score (nSPS) is 31.7. The minimum atomic E-state index is -3.69. The SMILES string of the molecule is CC1(C)C2CCC1(C)C(NC(=O)c1cc(S(=O)(=O)N3CCOCC3)ccc1Cl)C2. The number of sulfonamides is 1. The number of fused-ring (bicyclic) bond motifs is 2. The molecule has 1 aromatic carbocycles. The number of carbonyl (C=O) groups is 1. The Morgan fingerprint density at radius 3 is 2.52 bits per heavy atom. The van der Waals surface area contributed by atoms with Crippen molar-refractivity contribution >= 4 is 27.5 Å². The summed E-state index contributed by atoms with van der Waals surface area (Å²) in [6.45, 7) is 8.20. The number of nitrogens with zero attached hydrogens (tertiary/aromatic N) is 1. The molecule has 29 heavy (non-hydrogen) atoms. The van der Waals surface area contributed by atoms with E-state index in [1.165, 1.54) is 28.9 Å². The maximum atomic E-state index is 13.1. The lowest BCUT2D eigenvalue weighted by Gasteiger charge is -2.39. The lowest BCUT2D eigenvalue weighted by molar-refractivity contribution is 0.0730. The van der Waals surface area contributed by atoms with E-state index >= 15 is 0 Å². The number of hydrogen-bond acceptors (Lipinski definition) is 4. The molecule has 3 fully saturated rings. The largest absolute Gasteiger partial charge is 0.379 e. The Bertz CT molecular complexity index is 927. The van der Waals surface area contributed by atoms with Crippen molar-refractivity contribution in [2.24, 2.45) is 16.7 Å². The van der Waals surface area contributed by atoms with Crippen LogP contribution in [0.3, 0.4) is 0 Å². The Kier molecular flexibility index (Phi) is 5.25. The number of hydrogen-bond donors (Lipinski definition) is 1. The third kappa shape index (κ3) is 3.30. The van der Waals surface area contributed by atoms with Gasteiger partial charge in [0.2, 0.25) is 10.0 Å². The van der Waals surface area contributed by atoms with E-state index in [1.807, 2.05) is 0 Å². The highest BCUT2D eigenvalue weighted by molar-refractivity contribution is 7.89. The van der Waals surface area contributed by atoms with Crippen LogP contribution in [-0.2, 0) is 14.8 Å². The summed E-state index contributed by atoms with van der Waals surface area (Å²) in [6, 6.07) is 4.44. The molecule has 6 nitrogen and oxygen atoms in total. The van der Waals surface area contributed by atoms with Crippen LogP contribution in [0.5, 0.6) is 0 Å². The van der Waals surface area contributed by atoms with Crippen molar-refractivity contribution in [3.05, 3.63) is 28.8 Å². The molecule has 1 N–H and O–H groups in total. The topological polar surface area (TPSA) is 75.7 Å². The molecule has 4 rings (SSSR count). The van der Waals surface area contributed by atoms with E-state index in [-0.39, 0.29) is 38.3 Å². The molecular formula is C21H29ClN2O4S. The summed E-state index contributed by atoms with van der Waals surface area (Å²) in [5, 5.41) is 3.43. The van der Waals surface area contributed by atoms with Crippen LogP contribution in [0.1, 0.15) is 50.4 Å². The van der Waals surface area contributed by atoms with Crippen molar-refractivity contribution in [1.29, 1.82) is 0 Å². The van der Waals surface area contributed by atoms with Crippen molar-refractivity contribution < 1.29 is 17.9 Å². The van der Waals surface area contributed by atoms with E-state index in [4.69, 9.17) is 16.3 Å². The van der Waals surface area contributed by atoms with Gasteiger partial charge in [0.1, 0.15) is 0 Å². The molecule has 160 valence electrons. The first kappa shape index (κ1) is 21.1. The molecule has 3 unspecified atom stereocenters. The van der Waals surface area contributed by atoms with Gasteiger partial charge in [-0.25, -0.2) is 8.42 Å². The third-order valence-corrected chi connectivity index (χ3v) is 10.1. The first-order chi connectivity index (χ1) is 13.6. The van der Waals surface area contributed by atoms with E-state index in [0.29, 0.717) is 32.2 Å². The van der Waals surface area contributed by atoms with Gasteiger partial charge in [0.05, 0.1) is 28.7 Å². The molecule has 0 aromatic heterocycles. The molecule has 3 atom stereocenters. The number of benzene rings is 1. The predicted octanol–water partition coefficient (Wildman–Crippen LogP) is 3.31. The lowest BCUT2D eigenvalue weighted by Crippen LogP contribution is -2.47. The first-order valence-electron chi connectivity index (χ1n) is 10.3. The van der Waals surface area contributed by atoms with Crippen LogP contribution in [0.2, 0.25) is 5.02 Å². The van der Waals surface area contributed by atoms with Gasteiger partial charge >= 0.3 is 0 Å². The van der Waals surface area contributed by atoms with Gasteiger partial charge in [-0.2, -0.15) is 4.31 Å². The first-order valence-corrected chi connectivity index (χ1v) is 12.1. The average molecular weight is 441 g/mol. The number of rotatable bonds is 4.